The molecule has 35 heavy (non-hydrogen) atoms. The van der Waals surface area contributed by atoms with Crippen molar-refractivity contribution in [3.05, 3.63) is 68.8 Å². The van der Waals surface area contributed by atoms with Crippen molar-refractivity contribution in [3.63, 3.8) is 0 Å². The summed E-state index contributed by atoms with van der Waals surface area (Å²) < 4.78 is 10.2. The van der Waals surface area contributed by atoms with Crippen LogP contribution in [0.15, 0.2) is 24.3 Å². The first kappa shape index (κ1) is 29.5. The zero-order valence-electron chi connectivity index (χ0n) is 20.9. The molecule has 1 atom stereocenters. The quantitative estimate of drug-likeness (QED) is 0.477. The third kappa shape index (κ3) is 8.95. The number of ether oxygens (including phenoxy) is 2. The number of ketones is 1. The minimum atomic E-state index is -1.18. The van der Waals surface area contributed by atoms with Crippen molar-refractivity contribution in [1.82, 2.24) is 0 Å². The number of carboxylic acid groups (broad SMARTS) is 1. The highest BCUT2D eigenvalue weighted by molar-refractivity contribution is 5.96. The predicted molar refractivity (Wildman–Crippen MR) is 130 cm³/mol. The second-order valence-electron chi connectivity index (χ2n) is 8.37. The van der Waals surface area contributed by atoms with E-state index in [0.717, 1.165) is 33.4 Å². The van der Waals surface area contributed by atoms with E-state index < -0.39 is 49.6 Å². The van der Waals surface area contributed by atoms with Gasteiger partial charge in [-0.15, -0.1) is 0 Å². The van der Waals surface area contributed by atoms with Crippen LogP contribution in [0.5, 0.6) is 0 Å². The number of nitrogens with two attached hydrogens (primary N) is 1. The summed E-state index contributed by atoms with van der Waals surface area (Å²) in [4.78, 5) is 46.3. The number of carbonyl (C=O) groups excluding carboxylic acids is 3. The molecule has 0 fully saturated rings. The monoisotopic (exact) mass is 487 g/mol. The maximum absolute atomic E-state index is 12.3. The lowest BCUT2D eigenvalue weighted by molar-refractivity contribution is -0.139. The second kappa shape index (κ2) is 13.4. The molecular formula is C26H33NO8. The Morgan fingerprint density at radius 1 is 0.743 bits per heavy atom. The van der Waals surface area contributed by atoms with Crippen LogP contribution >= 0.6 is 0 Å². The summed E-state index contributed by atoms with van der Waals surface area (Å²) in [5.74, 6) is -2.77. The number of carbonyl (C=O) groups is 4. The fourth-order valence-electron chi connectivity index (χ4n) is 3.56. The molecule has 0 unspecified atom stereocenters. The fourth-order valence-corrected chi connectivity index (χ4v) is 3.56. The number of rotatable bonds is 8. The second-order valence-corrected chi connectivity index (χ2v) is 8.37. The molecule has 0 amide bonds. The van der Waals surface area contributed by atoms with Gasteiger partial charge in [-0.3, -0.25) is 9.59 Å². The number of benzene rings is 2. The van der Waals surface area contributed by atoms with Crippen molar-refractivity contribution in [2.75, 3.05) is 19.8 Å². The highest BCUT2D eigenvalue weighted by Gasteiger charge is 2.18. The van der Waals surface area contributed by atoms with Crippen LogP contribution in [0.3, 0.4) is 0 Å². The van der Waals surface area contributed by atoms with E-state index in [0.29, 0.717) is 11.1 Å². The molecule has 2 aromatic rings. The largest absolute Gasteiger partial charge is 0.480 e. The molecule has 0 radical (unpaired) electrons. The molecule has 9 nitrogen and oxygen atoms in total. The molecule has 0 spiro atoms. The van der Waals surface area contributed by atoms with Gasteiger partial charge in [0, 0.05) is 0 Å². The normalized spacial score (nSPS) is 11.1. The summed E-state index contributed by atoms with van der Waals surface area (Å²) >= 11 is 0. The van der Waals surface area contributed by atoms with Gasteiger partial charge in [0.05, 0.1) is 17.7 Å². The SMILES string of the molecule is Cc1cc(C)c(C(=O)OCC(=O)COC(=O)c2c(C)cc(C)cc2C)c(C)c1.N[C@@H](CO)C(=O)O. The first-order chi connectivity index (χ1) is 16.3. The molecule has 0 bridgehead atoms. The van der Waals surface area contributed by atoms with E-state index in [2.05, 4.69) is 0 Å². The molecule has 0 saturated carbocycles. The van der Waals surface area contributed by atoms with Crippen molar-refractivity contribution in [2.24, 2.45) is 5.73 Å². The molecule has 2 aromatic carbocycles. The molecule has 0 aliphatic rings. The van der Waals surface area contributed by atoms with Crippen molar-refractivity contribution in [3.8, 4) is 0 Å². The van der Waals surface area contributed by atoms with E-state index in [-0.39, 0.29) is 0 Å². The molecule has 190 valence electrons. The Hall–Kier alpha value is -3.56. The average Bonchev–Trinajstić information content (AvgIpc) is 2.74. The van der Waals surface area contributed by atoms with Crippen LogP contribution in [-0.4, -0.2) is 59.8 Å². The molecule has 2 rings (SSSR count). The number of aliphatic hydroxyl groups excluding tert-OH is 1. The molecular weight excluding hydrogens is 454 g/mol. The Balaban J connectivity index is 0.000000762. The average molecular weight is 488 g/mol. The lowest BCUT2D eigenvalue weighted by Crippen LogP contribution is -2.33. The van der Waals surface area contributed by atoms with E-state index in [1.807, 2.05) is 65.8 Å². The summed E-state index contributed by atoms with van der Waals surface area (Å²) in [7, 11) is 0. The van der Waals surface area contributed by atoms with E-state index in [1.165, 1.54) is 0 Å². The van der Waals surface area contributed by atoms with Gasteiger partial charge in [0.25, 0.3) is 0 Å². The van der Waals surface area contributed by atoms with Crippen LogP contribution in [0, 0.1) is 41.5 Å². The first-order valence-corrected chi connectivity index (χ1v) is 10.9. The molecule has 0 aliphatic heterocycles. The van der Waals surface area contributed by atoms with Crippen LogP contribution in [0.1, 0.15) is 54.1 Å². The van der Waals surface area contributed by atoms with Gasteiger partial charge in [0.1, 0.15) is 6.04 Å². The van der Waals surface area contributed by atoms with Gasteiger partial charge >= 0.3 is 17.9 Å². The molecule has 4 N–H and O–H groups in total. The molecule has 0 aromatic heterocycles. The highest BCUT2D eigenvalue weighted by atomic mass is 16.6. The van der Waals surface area contributed by atoms with Gasteiger partial charge in [-0.1, -0.05) is 35.4 Å². The minimum Gasteiger partial charge on any atom is -0.480 e. The number of aliphatic hydroxyl groups is 1. The lowest BCUT2D eigenvalue weighted by Gasteiger charge is -2.12. The van der Waals surface area contributed by atoms with Crippen LogP contribution in [0.4, 0.5) is 0 Å². The van der Waals surface area contributed by atoms with Gasteiger partial charge in [0.15, 0.2) is 13.2 Å². The summed E-state index contributed by atoms with van der Waals surface area (Å²) in [5, 5.41) is 15.9. The summed E-state index contributed by atoms with van der Waals surface area (Å²) in [6, 6.07) is 6.43. The van der Waals surface area contributed by atoms with Gasteiger partial charge in [-0.05, 0) is 63.8 Å². The number of esters is 2. The maximum Gasteiger partial charge on any atom is 0.339 e. The van der Waals surface area contributed by atoms with Gasteiger partial charge in [-0.2, -0.15) is 0 Å². The number of Topliss-reactive ketones (excluding diaryl/α,β-unsaturated/α-hetero) is 1. The Labute approximate surface area is 204 Å². The van der Waals surface area contributed by atoms with E-state index in [9.17, 15) is 19.2 Å². The third-order valence-corrected chi connectivity index (χ3v) is 5.00. The Morgan fingerprint density at radius 2 is 1.06 bits per heavy atom. The summed E-state index contributed by atoms with van der Waals surface area (Å²) in [6.07, 6.45) is 0. The zero-order valence-corrected chi connectivity index (χ0v) is 20.9. The van der Waals surface area contributed by atoms with E-state index in [4.69, 9.17) is 25.4 Å². The van der Waals surface area contributed by atoms with Crippen molar-refractivity contribution >= 4 is 23.7 Å². The van der Waals surface area contributed by atoms with Crippen molar-refractivity contribution in [1.29, 1.82) is 0 Å². The predicted octanol–water partition coefficient (Wildman–Crippen LogP) is 2.51. The third-order valence-electron chi connectivity index (χ3n) is 5.00. The standard InChI is InChI=1S/C23H26O5.C3H7NO3/c1-13-7-15(3)20(16(4)8-13)22(25)27-11-19(24)12-28-23(26)21-17(5)9-14(2)10-18(21)6;4-2(1-5)3(6)7/h7-10H,11-12H2,1-6H3;2,5H,1,4H2,(H,6,7)/t;2-/m.0/s1. The van der Waals surface area contributed by atoms with Gasteiger partial charge in [-0.25, -0.2) is 9.59 Å². The summed E-state index contributed by atoms with van der Waals surface area (Å²) in [6.45, 7) is 9.82. The first-order valence-electron chi connectivity index (χ1n) is 10.9. The number of hydrogen-bond donors (Lipinski definition) is 3. The number of aryl methyl sites for hydroxylation is 6. The molecule has 0 aliphatic carbocycles. The number of carboxylic acids is 1. The van der Waals surface area contributed by atoms with Crippen molar-refractivity contribution in [2.45, 2.75) is 47.6 Å². The number of aliphatic carboxylic acids is 1. The Kier molecular flexibility index (Phi) is 11.2. The molecule has 0 saturated heterocycles. The van der Waals surface area contributed by atoms with Crippen LogP contribution < -0.4 is 5.73 Å². The Morgan fingerprint density at radius 3 is 1.29 bits per heavy atom. The van der Waals surface area contributed by atoms with Gasteiger partial charge in [0.2, 0.25) is 5.78 Å². The smallest absolute Gasteiger partial charge is 0.339 e. The fraction of sp³-hybridized carbons (Fsp3) is 0.385. The lowest BCUT2D eigenvalue weighted by atomic mass is 10.00. The van der Waals surface area contributed by atoms with Crippen molar-refractivity contribution < 1.29 is 38.9 Å². The maximum atomic E-state index is 12.3. The zero-order chi connectivity index (χ0) is 26.9. The molecule has 9 heteroatoms. The number of hydrogen-bond acceptors (Lipinski definition) is 8. The van der Waals surface area contributed by atoms with E-state index >= 15 is 0 Å². The molecule has 0 heterocycles. The topological polar surface area (TPSA) is 153 Å². The minimum absolute atomic E-state index is 0.440. The summed E-state index contributed by atoms with van der Waals surface area (Å²) in [5.41, 5.74) is 11.0. The van der Waals surface area contributed by atoms with Crippen LogP contribution in [-0.2, 0) is 19.1 Å². The van der Waals surface area contributed by atoms with Crippen LogP contribution in [0.2, 0.25) is 0 Å². The highest BCUT2D eigenvalue weighted by Crippen LogP contribution is 2.18. The Bertz CT molecular complexity index is 985. The van der Waals surface area contributed by atoms with Gasteiger partial charge < -0.3 is 25.4 Å². The van der Waals surface area contributed by atoms with Crippen LogP contribution in [0.25, 0.3) is 0 Å². The van der Waals surface area contributed by atoms with E-state index in [1.54, 1.807) is 0 Å².